The molecule has 0 spiro atoms. The minimum absolute atomic E-state index is 0.0208. The first-order valence-electron chi connectivity index (χ1n) is 9.95. The average molecular weight is 451 g/mol. The Morgan fingerprint density at radius 1 is 0.844 bits per heavy atom. The number of nitrogens with zero attached hydrogens (tertiary/aromatic N) is 2. The van der Waals surface area contributed by atoms with Crippen LogP contribution in [-0.2, 0) is 23.1 Å². The maximum atomic E-state index is 13.3. The number of carbonyl (C=O) groups is 2. The summed E-state index contributed by atoms with van der Waals surface area (Å²) in [7, 11) is -1.000. The molecule has 0 saturated heterocycles. The number of sulfonamides is 1. The van der Waals surface area contributed by atoms with E-state index in [2.05, 4.69) is 0 Å². The molecule has 0 fully saturated rings. The zero-order chi connectivity index (χ0) is 22.9. The van der Waals surface area contributed by atoms with Gasteiger partial charge < -0.3 is 4.74 Å². The third kappa shape index (κ3) is 3.90. The third-order valence-electron chi connectivity index (χ3n) is 5.38. The molecule has 2 amide bonds. The van der Waals surface area contributed by atoms with Gasteiger partial charge in [0, 0.05) is 13.6 Å². The highest BCUT2D eigenvalue weighted by atomic mass is 32.2. The van der Waals surface area contributed by atoms with Gasteiger partial charge in [-0.25, -0.2) is 8.42 Å². The molecule has 3 aromatic rings. The Morgan fingerprint density at radius 3 is 2.03 bits per heavy atom. The molecule has 0 aliphatic carbocycles. The standard InChI is InChI=1S/C24H22N2O5S/c1-25(15-17-8-4-3-5-9-17)32(29,30)22-14-18(12-13-21(22)31-2)16-26-23(27)19-10-6-7-11-20(19)24(26)28/h3-14H,15-16H2,1-2H3. The largest absolute Gasteiger partial charge is 0.495 e. The monoisotopic (exact) mass is 450 g/mol. The molecule has 0 N–H and O–H groups in total. The molecule has 0 aromatic heterocycles. The van der Waals surface area contributed by atoms with E-state index in [1.807, 2.05) is 30.3 Å². The summed E-state index contributed by atoms with van der Waals surface area (Å²) in [6, 6.07) is 20.5. The summed E-state index contributed by atoms with van der Waals surface area (Å²) in [6.07, 6.45) is 0. The van der Waals surface area contributed by atoms with Crippen molar-refractivity contribution in [3.63, 3.8) is 0 Å². The van der Waals surface area contributed by atoms with Gasteiger partial charge >= 0.3 is 0 Å². The maximum absolute atomic E-state index is 13.3. The fraction of sp³-hybridized carbons (Fsp3) is 0.167. The first kappa shape index (κ1) is 21.7. The second kappa shape index (κ2) is 8.57. The van der Waals surface area contributed by atoms with Crippen LogP contribution in [0.1, 0.15) is 31.8 Å². The van der Waals surface area contributed by atoms with Crippen molar-refractivity contribution in [2.24, 2.45) is 0 Å². The second-order valence-corrected chi connectivity index (χ2v) is 9.49. The molecule has 164 valence electrons. The van der Waals surface area contributed by atoms with Crippen molar-refractivity contribution < 1.29 is 22.7 Å². The zero-order valence-electron chi connectivity index (χ0n) is 17.7. The van der Waals surface area contributed by atoms with E-state index in [4.69, 9.17) is 4.74 Å². The molecule has 32 heavy (non-hydrogen) atoms. The fourth-order valence-electron chi connectivity index (χ4n) is 3.68. The molecule has 0 bridgehead atoms. The summed E-state index contributed by atoms with van der Waals surface area (Å²) >= 11 is 0. The maximum Gasteiger partial charge on any atom is 0.261 e. The smallest absolute Gasteiger partial charge is 0.261 e. The minimum Gasteiger partial charge on any atom is -0.495 e. The molecule has 7 nitrogen and oxygen atoms in total. The van der Waals surface area contributed by atoms with Gasteiger partial charge in [0.25, 0.3) is 11.8 Å². The molecule has 0 radical (unpaired) electrons. The highest BCUT2D eigenvalue weighted by molar-refractivity contribution is 7.89. The van der Waals surface area contributed by atoms with E-state index in [1.165, 1.54) is 30.6 Å². The third-order valence-corrected chi connectivity index (χ3v) is 7.21. The molecule has 0 saturated carbocycles. The molecule has 1 heterocycles. The van der Waals surface area contributed by atoms with Crippen LogP contribution in [0.15, 0.2) is 77.7 Å². The van der Waals surface area contributed by atoms with Gasteiger partial charge in [0.1, 0.15) is 10.6 Å². The van der Waals surface area contributed by atoms with E-state index in [0.717, 1.165) is 10.5 Å². The van der Waals surface area contributed by atoms with Crippen molar-refractivity contribution in [2.45, 2.75) is 18.0 Å². The van der Waals surface area contributed by atoms with Crippen LogP contribution in [0.2, 0.25) is 0 Å². The Labute approximate surface area is 186 Å². The Kier molecular flexibility index (Phi) is 5.82. The van der Waals surface area contributed by atoms with E-state index < -0.39 is 21.8 Å². The molecule has 8 heteroatoms. The number of fused-ring (bicyclic) bond motifs is 1. The van der Waals surface area contributed by atoms with Gasteiger partial charge in [0.2, 0.25) is 10.0 Å². The molecule has 1 aliphatic rings. The number of imide groups is 1. The average Bonchev–Trinajstić information content (AvgIpc) is 3.04. The Morgan fingerprint density at radius 2 is 1.44 bits per heavy atom. The topological polar surface area (TPSA) is 84.0 Å². The molecule has 0 unspecified atom stereocenters. The fourth-order valence-corrected chi connectivity index (χ4v) is 5.04. The molecule has 0 atom stereocenters. The summed E-state index contributed by atoms with van der Waals surface area (Å²) in [5, 5.41) is 0. The molecule has 3 aromatic carbocycles. The number of ether oxygens (including phenoxy) is 1. The number of benzene rings is 3. The summed E-state index contributed by atoms with van der Waals surface area (Å²) < 4.78 is 33.2. The van der Waals surface area contributed by atoms with Gasteiger partial charge in [-0.05, 0) is 35.4 Å². The number of methoxy groups -OCH3 is 1. The van der Waals surface area contributed by atoms with Crippen LogP contribution in [0, 0.1) is 0 Å². The Balaban J connectivity index is 1.63. The van der Waals surface area contributed by atoms with Gasteiger partial charge in [0.15, 0.2) is 0 Å². The first-order valence-corrected chi connectivity index (χ1v) is 11.4. The highest BCUT2D eigenvalue weighted by Crippen LogP contribution is 2.30. The predicted octanol–water partition coefficient (Wildman–Crippen LogP) is 3.31. The summed E-state index contributed by atoms with van der Waals surface area (Å²) in [5.74, 6) is -0.602. The van der Waals surface area contributed by atoms with E-state index in [-0.39, 0.29) is 23.7 Å². The molecule has 1 aliphatic heterocycles. The van der Waals surface area contributed by atoms with Crippen LogP contribution in [0.4, 0.5) is 0 Å². The summed E-state index contributed by atoms with van der Waals surface area (Å²) in [5.41, 5.74) is 2.05. The van der Waals surface area contributed by atoms with E-state index in [0.29, 0.717) is 16.7 Å². The van der Waals surface area contributed by atoms with Gasteiger partial charge in [0.05, 0.1) is 24.8 Å². The number of hydrogen-bond donors (Lipinski definition) is 0. The summed E-state index contributed by atoms with van der Waals surface area (Å²) in [6.45, 7) is 0.149. The van der Waals surface area contributed by atoms with Gasteiger partial charge in [-0.15, -0.1) is 0 Å². The SMILES string of the molecule is COc1ccc(CN2C(=O)c3ccccc3C2=O)cc1S(=O)(=O)N(C)Cc1ccccc1. The van der Waals surface area contributed by atoms with Crippen molar-refractivity contribution >= 4 is 21.8 Å². The lowest BCUT2D eigenvalue weighted by Gasteiger charge is -2.20. The predicted molar refractivity (Wildman–Crippen MR) is 119 cm³/mol. The summed E-state index contributed by atoms with van der Waals surface area (Å²) in [4.78, 5) is 26.5. The molecular formula is C24H22N2O5S. The van der Waals surface area contributed by atoms with Crippen molar-refractivity contribution in [1.82, 2.24) is 9.21 Å². The van der Waals surface area contributed by atoms with Crippen LogP contribution in [0.5, 0.6) is 5.75 Å². The van der Waals surface area contributed by atoms with E-state index in [9.17, 15) is 18.0 Å². The van der Waals surface area contributed by atoms with Gasteiger partial charge in [-0.1, -0.05) is 48.5 Å². The number of carbonyl (C=O) groups excluding carboxylic acids is 2. The number of amides is 2. The lowest BCUT2D eigenvalue weighted by Crippen LogP contribution is -2.30. The number of rotatable bonds is 7. The quantitative estimate of drug-likeness (QED) is 0.516. The van der Waals surface area contributed by atoms with Gasteiger partial charge in [-0.2, -0.15) is 4.31 Å². The zero-order valence-corrected chi connectivity index (χ0v) is 18.5. The first-order chi connectivity index (χ1) is 15.3. The van der Waals surface area contributed by atoms with Crippen molar-refractivity contribution in [3.8, 4) is 5.75 Å². The van der Waals surface area contributed by atoms with Crippen LogP contribution in [0.3, 0.4) is 0 Å². The van der Waals surface area contributed by atoms with Gasteiger partial charge in [-0.3, -0.25) is 14.5 Å². The van der Waals surface area contributed by atoms with Crippen LogP contribution >= 0.6 is 0 Å². The van der Waals surface area contributed by atoms with E-state index in [1.54, 1.807) is 30.3 Å². The van der Waals surface area contributed by atoms with Crippen molar-refractivity contribution in [3.05, 3.63) is 95.1 Å². The minimum atomic E-state index is -3.90. The normalized spacial score (nSPS) is 13.5. The van der Waals surface area contributed by atoms with Crippen LogP contribution < -0.4 is 4.74 Å². The highest BCUT2D eigenvalue weighted by Gasteiger charge is 2.35. The number of hydrogen-bond acceptors (Lipinski definition) is 5. The second-order valence-electron chi connectivity index (χ2n) is 7.47. The lowest BCUT2D eigenvalue weighted by atomic mass is 10.1. The Hall–Kier alpha value is -3.49. The van der Waals surface area contributed by atoms with E-state index >= 15 is 0 Å². The van der Waals surface area contributed by atoms with Crippen LogP contribution in [-0.4, -0.2) is 43.6 Å². The molecule has 4 rings (SSSR count). The van der Waals surface area contributed by atoms with Crippen molar-refractivity contribution in [1.29, 1.82) is 0 Å². The molecular weight excluding hydrogens is 428 g/mol. The lowest BCUT2D eigenvalue weighted by molar-refractivity contribution is 0.0642. The van der Waals surface area contributed by atoms with Crippen molar-refractivity contribution in [2.75, 3.05) is 14.2 Å². The Bertz CT molecular complexity index is 1250. The van der Waals surface area contributed by atoms with Crippen LogP contribution in [0.25, 0.3) is 0 Å².